The monoisotopic (exact) mass is 301 g/mol. The van der Waals surface area contributed by atoms with E-state index in [1.54, 1.807) is 0 Å². The molecule has 2 unspecified atom stereocenters. The van der Waals surface area contributed by atoms with Gasteiger partial charge in [-0.15, -0.1) is 0 Å². The van der Waals surface area contributed by atoms with E-state index in [1.807, 2.05) is 25.7 Å². The van der Waals surface area contributed by atoms with Gasteiger partial charge in [-0.05, 0) is 36.3 Å². The summed E-state index contributed by atoms with van der Waals surface area (Å²) in [5, 5.41) is 7.85. The number of aryl methyl sites for hydroxylation is 2. The van der Waals surface area contributed by atoms with Gasteiger partial charge in [-0.3, -0.25) is 4.68 Å². The average Bonchev–Trinajstić information content (AvgIpc) is 2.89. The molecule has 5 heteroatoms. The van der Waals surface area contributed by atoms with Gasteiger partial charge in [0.25, 0.3) is 0 Å². The Labute approximate surface area is 111 Å². The van der Waals surface area contributed by atoms with Crippen LogP contribution in [0.4, 0.5) is 0 Å². The third-order valence-electron chi connectivity index (χ3n) is 3.58. The summed E-state index contributed by atoms with van der Waals surface area (Å²) in [4.78, 5) is 0. The van der Waals surface area contributed by atoms with Crippen molar-refractivity contribution < 1.29 is 4.74 Å². The Hall–Kier alpha value is -0.390. The van der Waals surface area contributed by atoms with Gasteiger partial charge in [-0.25, -0.2) is 0 Å². The summed E-state index contributed by atoms with van der Waals surface area (Å²) in [6, 6.07) is 0.462. The van der Waals surface area contributed by atoms with Crippen molar-refractivity contribution in [3.05, 3.63) is 15.9 Å². The summed E-state index contributed by atoms with van der Waals surface area (Å²) in [5.74, 6) is 0.613. The largest absolute Gasteiger partial charge is 0.381 e. The number of rotatable bonds is 4. The molecule has 1 aliphatic rings. The number of hydrogen-bond donors (Lipinski definition) is 1. The maximum Gasteiger partial charge on any atom is 0.0738 e. The van der Waals surface area contributed by atoms with Crippen LogP contribution >= 0.6 is 15.9 Å². The average molecular weight is 302 g/mol. The Morgan fingerprint density at radius 3 is 2.88 bits per heavy atom. The zero-order valence-corrected chi connectivity index (χ0v) is 12.2. The van der Waals surface area contributed by atoms with E-state index in [1.165, 1.54) is 5.69 Å². The highest BCUT2D eigenvalue weighted by Crippen LogP contribution is 2.25. The van der Waals surface area contributed by atoms with Crippen molar-refractivity contribution in [2.45, 2.75) is 25.8 Å². The zero-order chi connectivity index (χ0) is 12.4. The maximum atomic E-state index is 5.47. The van der Waals surface area contributed by atoms with Crippen LogP contribution in [0.1, 0.15) is 17.8 Å². The molecule has 1 aromatic rings. The van der Waals surface area contributed by atoms with Crippen molar-refractivity contribution >= 4 is 15.9 Å². The number of hydrogen-bond acceptors (Lipinski definition) is 3. The van der Waals surface area contributed by atoms with Gasteiger partial charge >= 0.3 is 0 Å². The first kappa shape index (κ1) is 13.1. The van der Waals surface area contributed by atoms with Gasteiger partial charge in [0.05, 0.1) is 22.5 Å². The zero-order valence-electron chi connectivity index (χ0n) is 10.7. The Balaban J connectivity index is 2.12. The van der Waals surface area contributed by atoms with Crippen LogP contribution in [-0.2, 0) is 18.2 Å². The van der Waals surface area contributed by atoms with E-state index < -0.39 is 0 Å². The number of aromatic nitrogens is 2. The molecule has 1 N–H and O–H groups in total. The van der Waals surface area contributed by atoms with Crippen molar-refractivity contribution in [2.75, 3.05) is 20.3 Å². The van der Waals surface area contributed by atoms with Crippen LogP contribution in [0.25, 0.3) is 0 Å². The van der Waals surface area contributed by atoms with Crippen LogP contribution in [0, 0.1) is 12.8 Å². The second-order valence-corrected chi connectivity index (χ2v) is 5.49. The highest BCUT2D eigenvalue weighted by atomic mass is 79.9. The molecule has 1 saturated heterocycles. The molecule has 1 aliphatic heterocycles. The second kappa shape index (κ2) is 5.50. The van der Waals surface area contributed by atoms with Crippen molar-refractivity contribution in [3.63, 3.8) is 0 Å². The summed E-state index contributed by atoms with van der Waals surface area (Å²) in [5.41, 5.74) is 2.31. The van der Waals surface area contributed by atoms with E-state index in [4.69, 9.17) is 4.74 Å². The van der Waals surface area contributed by atoms with E-state index in [2.05, 4.69) is 26.3 Å². The van der Waals surface area contributed by atoms with Gasteiger partial charge in [0.2, 0.25) is 0 Å². The SMILES string of the molecule is CNC(Cc1c(Br)c(C)nn1C)C1CCOC1. The van der Waals surface area contributed by atoms with Crippen molar-refractivity contribution in [1.82, 2.24) is 15.1 Å². The van der Waals surface area contributed by atoms with Crippen LogP contribution < -0.4 is 5.32 Å². The number of likely N-dealkylation sites (N-methyl/N-ethyl adjacent to an activating group) is 1. The van der Waals surface area contributed by atoms with E-state index in [0.717, 1.165) is 36.2 Å². The van der Waals surface area contributed by atoms with Crippen LogP contribution in [0.3, 0.4) is 0 Å². The molecule has 0 bridgehead atoms. The lowest BCUT2D eigenvalue weighted by molar-refractivity contribution is 0.177. The Morgan fingerprint density at radius 2 is 2.41 bits per heavy atom. The Kier molecular flexibility index (Phi) is 4.22. The first-order chi connectivity index (χ1) is 8.13. The summed E-state index contributed by atoms with van der Waals surface area (Å²) in [6.45, 7) is 3.80. The van der Waals surface area contributed by atoms with Crippen LogP contribution in [0.2, 0.25) is 0 Å². The fraction of sp³-hybridized carbons (Fsp3) is 0.750. The molecule has 4 nitrogen and oxygen atoms in total. The number of ether oxygens (including phenoxy) is 1. The highest BCUT2D eigenvalue weighted by Gasteiger charge is 2.26. The molecule has 0 radical (unpaired) electrons. The highest BCUT2D eigenvalue weighted by molar-refractivity contribution is 9.10. The first-order valence-corrected chi connectivity index (χ1v) is 6.85. The molecule has 1 fully saturated rings. The molecule has 0 spiro atoms. The van der Waals surface area contributed by atoms with Gasteiger partial charge < -0.3 is 10.1 Å². The lowest BCUT2D eigenvalue weighted by Crippen LogP contribution is -2.36. The molecule has 0 aromatic carbocycles. The molecule has 96 valence electrons. The van der Waals surface area contributed by atoms with E-state index in [0.29, 0.717) is 12.0 Å². The quantitative estimate of drug-likeness (QED) is 0.919. The maximum absolute atomic E-state index is 5.47. The van der Waals surface area contributed by atoms with Gasteiger partial charge in [-0.2, -0.15) is 5.10 Å². The summed E-state index contributed by atoms with van der Waals surface area (Å²) >= 11 is 3.62. The normalized spacial score (nSPS) is 22.0. The van der Waals surface area contributed by atoms with Crippen LogP contribution in [0.15, 0.2) is 4.47 Å². The third kappa shape index (κ3) is 2.72. The van der Waals surface area contributed by atoms with Crippen molar-refractivity contribution in [1.29, 1.82) is 0 Å². The molecular weight excluding hydrogens is 282 g/mol. The summed E-state index contributed by atoms with van der Waals surface area (Å²) in [6.07, 6.45) is 2.14. The molecule has 17 heavy (non-hydrogen) atoms. The van der Waals surface area contributed by atoms with Crippen molar-refractivity contribution in [2.24, 2.45) is 13.0 Å². The summed E-state index contributed by atoms with van der Waals surface area (Å²) in [7, 11) is 4.03. The van der Waals surface area contributed by atoms with Crippen LogP contribution in [0.5, 0.6) is 0 Å². The van der Waals surface area contributed by atoms with E-state index in [-0.39, 0.29) is 0 Å². The molecule has 2 atom stereocenters. The Bertz CT molecular complexity index is 385. The first-order valence-electron chi connectivity index (χ1n) is 6.06. The molecule has 0 saturated carbocycles. The Morgan fingerprint density at radius 1 is 1.65 bits per heavy atom. The van der Waals surface area contributed by atoms with E-state index in [9.17, 15) is 0 Å². The number of nitrogens with zero attached hydrogens (tertiary/aromatic N) is 2. The molecule has 0 amide bonds. The van der Waals surface area contributed by atoms with Gasteiger partial charge in [-0.1, -0.05) is 0 Å². The smallest absolute Gasteiger partial charge is 0.0738 e. The second-order valence-electron chi connectivity index (χ2n) is 4.69. The minimum atomic E-state index is 0.462. The summed E-state index contributed by atoms with van der Waals surface area (Å²) < 4.78 is 8.58. The molecular formula is C12H20BrN3O. The fourth-order valence-corrected chi connectivity index (χ4v) is 2.98. The minimum absolute atomic E-state index is 0.462. The molecule has 1 aromatic heterocycles. The number of nitrogens with one attached hydrogen (secondary N) is 1. The molecule has 2 heterocycles. The lowest BCUT2D eigenvalue weighted by Gasteiger charge is -2.22. The fourth-order valence-electron chi connectivity index (χ4n) is 2.48. The van der Waals surface area contributed by atoms with Gasteiger partial charge in [0.1, 0.15) is 0 Å². The van der Waals surface area contributed by atoms with E-state index >= 15 is 0 Å². The predicted molar refractivity (Wildman–Crippen MR) is 71.1 cm³/mol. The molecule has 2 rings (SSSR count). The minimum Gasteiger partial charge on any atom is -0.381 e. The third-order valence-corrected chi connectivity index (χ3v) is 4.61. The predicted octanol–water partition coefficient (Wildman–Crippen LogP) is 1.66. The van der Waals surface area contributed by atoms with Gasteiger partial charge in [0, 0.05) is 32.0 Å². The van der Waals surface area contributed by atoms with Gasteiger partial charge in [0.15, 0.2) is 0 Å². The standard InChI is InChI=1S/C12H20BrN3O/c1-8-12(13)11(16(3)15-8)6-10(14-2)9-4-5-17-7-9/h9-10,14H,4-7H2,1-3H3. The molecule has 0 aliphatic carbocycles. The van der Waals surface area contributed by atoms with Crippen LogP contribution in [-0.4, -0.2) is 36.1 Å². The lowest BCUT2D eigenvalue weighted by atomic mass is 9.95. The van der Waals surface area contributed by atoms with Crippen molar-refractivity contribution in [3.8, 4) is 0 Å². The topological polar surface area (TPSA) is 39.1 Å². The number of halogens is 1.